The van der Waals surface area contributed by atoms with E-state index in [0.29, 0.717) is 136 Å². The van der Waals surface area contributed by atoms with Gasteiger partial charge in [-0.05, 0) is 91.4 Å². The number of para-hydroxylation sites is 2. The molecule has 3 amide bonds. The molecular formula is C62H72N6O12S2. The summed E-state index contributed by atoms with van der Waals surface area (Å²) < 4.78 is 41.7. The molecule has 0 fully saturated rings. The monoisotopic (exact) mass is 1160 g/mol. The number of hydrogen-bond acceptors (Lipinski definition) is 16. The molecule has 82 heavy (non-hydrogen) atoms. The van der Waals surface area contributed by atoms with Gasteiger partial charge in [0, 0.05) is 112 Å². The average molecular weight is 1160 g/mol. The predicted octanol–water partition coefficient (Wildman–Crippen LogP) is 10.2. The fourth-order valence-electron chi connectivity index (χ4n) is 10.6. The number of aliphatic carboxylic acids is 1. The number of carbonyl (C=O) groups excluding carboxylic acids is 3. The molecule has 5 aromatic rings. The van der Waals surface area contributed by atoms with Crippen LogP contribution in [0, 0.1) is 0 Å². The van der Waals surface area contributed by atoms with Crippen molar-refractivity contribution in [3.8, 4) is 23.0 Å². The fourth-order valence-corrected chi connectivity index (χ4v) is 13.2. The lowest BCUT2D eigenvalue weighted by atomic mass is 10.1. The summed E-state index contributed by atoms with van der Waals surface area (Å²) in [7, 11) is 9.84. The van der Waals surface area contributed by atoms with Gasteiger partial charge in [-0.2, -0.15) is 0 Å². The molecular weight excluding hydrogens is 1080 g/mol. The zero-order valence-electron chi connectivity index (χ0n) is 47.4. The van der Waals surface area contributed by atoms with E-state index in [-0.39, 0.29) is 54.2 Å². The molecule has 0 saturated heterocycles. The minimum absolute atomic E-state index is 0.0158. The van der Waals surface area contributed by atoms with Gasteiger partial charge >= 0.3 is 5.97 Å². The molecule has 4 aliphatic heterocycles. The van der Waals surface area contributed by atoms with Gasteiger partial charge in [-0.3, -0.25) is 39.0 Å². The molecule has 434 valence electrons. The Bertz CT molecular complexity index is 3010. The molecule has 0 saturated carbocycles. The average Bonchev–Trinajstić information content (AvgIpc) is 4.19. The summed E-state index contributed by atoms with van der Waals surface area (Å²) in [5, 5.41) is 9.04. The summed E-state index contributed by atoms with van der Waals surface area (Å²) in [4.78, 5) is 70.5. The van der Waals surface area contributed by atoms with E-state index in [9.17, 15) is 19.2 Å². The zero-order chi connectivity index (χ0) is 57.8. The van der Waals surface area contributed by atoms with Crippen molar-refractivity contribution in [1.82, 2.24) is 4.90 Å². The number of anilines is 3. The van der Waals surface area contributed by atoms with Crippen LogP contribution < -0.4 is 33.6 Å². The normalized spacial score (nSPS) is 15.6. The number of aliphatic imine (C=N–C) groups is 2. The summed E-state index contributed by atoms with van der Waals surface area (Å²) in [6.45, 7) is 7.98. The number of carboxylic acid groups (broad SMARTS) is 1. The Morgan fingerprint density at radius 1 is 0.671 bits per heavy atom. The highest BCUT2D eigenvalue weighted by Crippen LogP contribution is 2.44. The Hall–Kier alpha value is -7.10. The van der Waals surface area contributed by atoms with E-state index in [1.165, 1.54) is 0 Å². The van der Waals surface area contributed by atoms with Gasteiger partial charge < -0.3 is 48.1 Å². The lowest BCUT2D eigenvalue weighted by Crippen LogP contribution is -2.38. The summed E-state index contributed by atoms with van der Waals surface area (Å²) in [5.41, 5.74) is 8.13. The minimum Gasteiger partial charge on any atom is -0.493 e. The molecule has 20 heteroatoms. The van der Waals surface area contributed by atoms with Crippen LogP contribution in [0.5, 0.6) is 23.0 Å². The highest BCUT2D eigenvalue weighted by Gasteiger charge is 2.38. The van der Waals surface area contributed by atoms with Gasteiger partial charge in [0.1, 0.15) is 13.2 Å². The van der Waals surface area contributed by atoms with E-state index < -0.39 is 5.97 Å². The first-order chi connectivity index (χ1) is 39.7. The van der Waals surface area contributed by atoms with Crippen molar-refractivity contribution in [3.63, 3.8) is 0 Å². The number of rotatable bonds is 30. The van der Waals surface area contributed by atoms with E-state index in [1.807, 2.05) is 74.1 Å². The third-order valence-corrected chi connectivity index (χ3v) is 17.9. The zero-order valence-corrected chi connectivity index (χ0v) is 49.1. The number of carboxylic acids is 1. The molecule has 1 unspecified atom stereocenters. The van der Waals surface area contributed by atoms with Crippen LogP contribution >= 0.6 is 21.6 Å². The molecule has 5 aromatic carbocycles. The minimum atomic E-state index is -0.802. The Morgan fingerprint density at radius 2 is 1.21 bits per heavy atom. The van der Waals surface area contributed by atoms with Gasteiger partial charge in [-0.25, -0.2) is 0 Å². The van der Waals surface area contributed by atoms with Crippen LogP contribution in [0.3, 0.4) is 0 Å². The number of nitrogens with zero attached hydrogens (tertiary/aromatic N) is 6. The van der Waals surface area contributed by atoms with Crippen molar-refractivity contribution in [2.75, 3.05) is 101 Å². The van der Waals surface area contributed by atoms with Crippen LogP contribution in [0.25, 0.3) is 0 Å². The van der Waals surface area contributed by atoms with Crippen LogP contribution in [0.1, 0.15) is 82.5 Å². The molecule has 4 heterocycles. The van der Waals surface area contributed by atoms with Crippen molar-refractivity contribution >= 4 is 86.1 Å². The Labute approximate surface area is 487 Å². The molecule has 1 N–H and O–H groups in total. The first-order valence-electron chi connectivity index (χ1n) is 27.6. The van der Waals surface area contributed by atoms with Gasteiger partial charge in [0.05, 0.1) is 81.8 Å². The largest absolute Gasteiger partial charge is 0.493 e. The number of benzene rings is 5. The first-order valence-corrected chi connectivity index (χ1v) is 30.0. The van der Waals surface area contributed by atoms with Crippen LogP contribution in [0.15, 0.2) is 101 Å². The van der Waals surface area contributed by atoms with E-state index in [2.05, 4.69) is 30.9 Å². The maximum atomic E-state index is 14.2. The molecule has 9 rings (SSSR count). The quantitative estimate of drug-likeness (QED) is 0.0337. The van der Waals surface area contributed by atoms with Gasteiger partial charge in [0.25, 0.3) is 11.8 Å². The van der Waals surface area contributed by atoms with E-state index in [4.69, 9.17) is 48.2 Å². The van der Waals surface area contributed by atoms with Crippen molar-refractivity contribution < 1.29 is 57.4 Å². The van der Waals surface area contributed by atoms with E-state index in [0.717, 1.165) is 39.3 Å². The maximum Gasteiger partial charge on any atom is 0.303 e. The standard InChI is InChI=1S/C62H72N6O12S2/c1-62(2,82-81-26-12-18-59(70)71)40-65(3)58(69)17-11-19-66(20-21-77-24-25-78-23-22-74-4)45-28-41(38-79-56-34-50-48(32-54(56)75-5)60(72)67-46(36-63-50)30-43-13-7-9-15-52(43)67)27-42(29-45)39-80-57-35-51-49(33-55(57)76-6)61(73)68-47(37-64-51)31-44-14-8-10-16-53(44)68/h7-10,13-16,27-29,32-37,46-47H,11-12,17-26,30-31,38-40H2,1-6H3,(H,70,71)/t46-,47?/m0/s1. The molecule has 0 radical (unpaired) electrons. The second kappa shape index (κ2) is 27.8. The van der Waals surface area contributed by atoms with Gasteiger partial charge in [0.15, 0.2) is 23.0 Å². The third-order valence-electron chi connectivity index (χ3n) is 14.5. The van der Waals surface area contributed by atoms with Crippen LogP contribution in [-0.4, -0.2) is 150 Å². The fraction of sp³-hybridized carbons (Fsp3) is 0.419. The Kier molecular flexibility index (Phi) is 20.2. The smallest absolute Gasteiger partial charge is 0.303 e. The second-order valence-corrected chi connectivity index (χ2v) is 24.2. The summed E-state index contributed by atoms with van der Waals surface area (Å²) in [5.74, 6) is 1.17. The van der Waals surface area contributed by atoms with Gasteiger partial charge in [0.2, 0.25) is 5.91 Å². The predicted molar refractivity (Wildman–Crippen MR) is 322 cm³/mol. The number of ether oxygens (including phenoxy) is 7. The van der Waals surface area contributed by atoms with Crippen LogP contribution in [-0.2, 0) is 49.9 Å². The lowest BCUT2D eigenvalue weighted by molar-refractivity contribution is -0.137. The first kappa shape index (κ1) is 59.5. The van der Waals surface area contributed by atoms with E-state index >= 15 is 0 Å². The number of amides is 3. The topological polar surface area (TPSA) is 191 Å². The van der Waals surface area contributed by atoms with Crippen LogP contribution in [0.2, 0.25) is 0 Å². The molecule has 2 atom stereocenters. The van der Waals surface area contributed by atoms with E-state index in [1.54, 1.807) is 81.9 Å². The SMILES string of the molecule is COCCOCCOCCN(CCCC(=O)N(C)CC(C)(C)SSCCCC(=O)O)c1cc(COc2cc3c(cc2OC)C(=O)N2c4ccccc4CC2C=N3)cc(COc2cc3c(cc2OC)C(=O)N2c4ccccc4C[C@H]2C=N3)c1. The third kappa shape index (κ3) is 14.6. The number of carbonyl (C=O) groups is 4. The Morgan fingerprint density at radius 3 is 1.74 bits per heavy atom. The molecule has 0 aromatic heterocycles. The van der Waals surface area contributed by atoms with Gasteiger partial charge in [-0.1, -0.05) is 58.0 Å². The van der Waals surface area contributed by atoms with Crippen molar-refractivity contribution in [2.24, 2.45) is 9.98 Å². The number of hydrogen-bond donors (Lipinski definition) is 1. The highest BCUT2D eigenvalue weighted by molar-refractivity contribution is 8.77. The Balaban J connectivity index is 0.973. The van der Waals surface area contributed by atoms with Crippen LogP contribution in [0.4, 0.5) is 28.4 Å². The molecule has 0 aliphatic carbocycles. The summed E-state index contributed by atoms with van der Waals surface area (Å²) in [6.07, 6.45) is 6.55. The van der Waals surface area contributed by atoms with Crippen molar-refractivity contribution in [3.05, 3.63) is 124 Å². The molecule has 0 spiro atoms. The highest BCUT2D eigenvalue weighted by atomic mass is 33.1. The molecule has 18 nitrogen and oxygen atoms in total. The number of fused-ring (bicyclic) bond motifs is 8. The van der Waals surface area contributed by atoms with Gasteiger partial charge in [-0.15, -0.1) is 0 Å². The number of methoxy groups -OCH3 is 3. The van der Waals surface area contributed by atoms with Crippen molar-refractivity contribution in [1.29, 1.82) is 0 Å². The maximum absolute atomic E-state index is 14.2. The lowest BCUT2D eigenvalue weighted by Gasteiger charge is -2.30. The summed E-state index contributed by atoms with van der Waals surface area (Å²) >= 11 is 0. The molecule has 4 aliphatic rings. The van der Waals surface area contributed by atoms with Crippen molar-refractivity contribution in [2.45, 2.75) is 82.4 Å². The molecule has 0 bridgehead atoms. The second-order valence-electron chi connectivity index (χ2n) is 21.1. The summed E-state index contributed by atoms with van der Waals surface area (Å²) in [6, 6.07) is 28.4.